The van der Waals surface area contributed by atoms with Gasteiger partial charge in [0.2, 0.25) is 5.78 Å². The first-order valence-corrected chi connectivity index (χ1v) is 7.81. The molecule has 0 saturated carbocycles. The van der Waals surface area contributed by atoms with E-state index in [4.69, 9.17) is 4.74 Å². The van der Waals surface area contributed by atoms with E-state index in [9.17, 15) is 24.8 Å². The summed E-state index contributed by atoms with van der Waals surface area (Å²) in [6, 6.07) is 9.57. The van der Waals surface area contributed by atoms with Gasteiger partial charge in [-0.25, -0.2) is 4.68 Å². The number of carbonyl (C=O) groups excluding carboxylic acids is 1. The van der Waals surface area contributed by atoms with Crippen LogP contribution in [0.1, 0.15) is 21.6 Å². The Balaban J connectivity index is 2.12. The number of H-pyrrole nitrogens is 1. The van der Waals surface area contributed by atoms with Crippen LogP contribution in [-0.2, 0) is 0 Å². The first kappa shape index (κ1) is 17.9. The molecule has 2 N–H and O–H groups in total. The number of benzene rings is 2. The fourth-order valence-electron chi connectivity index (χ4n) is 2.70. The number of rotatable bonds is 5. The van der Waals surface area contributed by atoms with E-state index in [2.05, 4.69) is 5.10 Å². The number of ether oxygens (including phenoxy) is 1. The number of aromatic nitrogens is 2. The Bertz CT molecular complexity index is 1110. The average Bonchev–Trinajstić information content (AvgIpc) is 2.96. The van der Waals surface area contributed by atoms with Crippen molar-refractivity contribution >= 4 is 11.5 Å². The van der Waals surface area contributed by atoms with Crippen molar-refractivity contribution in [2.45, 2.75) is 6.92 Å². The second-order valence-corrected chi connectivity index (χ2v) is 5.74. The molecule has 0 radical (unpaired) electrons. The smallest absolute Gasteiger partial charge is 0.282 e. The van der Waals surface area contributed by atoms with Crippen molar-refractivity contribution in [1.82, 2.24) is 9.78 Å². The number of aromatic hydroxyl groups is 1. The van der Waals surface area contributed by atoms with E-state index in [1.807, 2.05) is 0 Å². The number of nitrogens with zero attached hydrogens (tertiary/aromatic N) is 2. The summed E-state index contributed by atoms with van der Waals surface area (Å²) >= 11 is 0. The molecule has 0 aliphatic heterocycles. The Morgan fingerprint density at radius 1 is 1.26 bits per heavy atom. The summed E-state index contributed by atoms with van der Waals surface area (Å²) in [5, 5.41) is 23.7. The predicted molar refractivity (Wildman–Crippen MR) is 95.9 cm³/mol. The number of carbonyl (C=O) groups is 1. The highest BCUT2D eigenvalue weighted by Crippen LogP contribution is 2.25. The third-order valence-corrected chi connectivity index (χ3v) is 4.05. The number of phenols is 1. The Morgan fingerprint density at radius 3 is 2.67 bits per heavy atom. The van der Waals surface area contributed by atoms with Crippen LogP contribution in [0.25, 0.3) is 5.69 Å². The minimum Gasteiger partial charge on any atom is -0.507 e. The zero-order valence-electron chi connectivity index (χ0n) is 14.4. The molecule has 1 aromatic heterocycles. The molecule has 1 heterocycles. The zero-order valence-corrected chi connectivity index (χ0v) is 14.4. The number of nitro groups is 1. The molecule has 3 aromatic rings. The van der Waals surface area contributed by atoms with E-state index in [1.54, 1.807) is 0 Å². The zero-order chi connectivity index (χ0) is 19.7. The number of ketones is 1. The molecule has 9 heteroatoms. The molecule has 0 fully saturated rings. The molecule has 0 saturated heterocycles. The molecule has 0 spiro atoms. The summed E-state index contributed by atoms with van der Waals surface area (Å²) in [5.74, 6) is -0.625. The highest BCUT2D eigenvalue weighted by molar-refractivity contribution is 6.11. The van der Waals surface area contributed by atoms with Gasteiger partial charge in [0.05, 0.1) is 23.3 Å². The number of aromatic amines is 1. The molecular formula is C18H15N3O6. The van der Waals surface area contributed by atoms with Crippen molar-refractivity contribution in [2.24, 2.45) is 0 Å². The summed E-state index contributed by atoms with van der Waals surface area (Å²) in [4.78, 5) is 36.0. The highest BCUT2D eigenvalue weighted by atomic mass is 16.6. The molecule has 2 aromatic carbocycles. The second kappa shape index (κ2) is 6.79. The van der Waals surface area contributed by atoms with Gasteiger partial charge in [0.25, 0.3) is 11.2 Å². The van der Waals surface area contributed by atoms with Gasteiger partial charge in [0.15, 0.2) is 0 Å². The number of nitro benzene ring substituents is 1. The van der Waals surface area contributed by atoms with Gasteiger partial charge in [0.1, 0.15) is 17.1 Å². The van der Waals surface area contributed by atoms with Gasteiger partial charge in [0, 0.05) is 17.8 Å². The van der Waals surface area contributed by atoms with E-state index < -0.39 is 16.3 Å². The van der Waals surface area contributed by atoms with Gasteiger partial charge in [-0.1, -0.05) is 6.07 Å². The summed E-state index contributed by atoms with van der Waals surface area (Å²) in [6.45, 7) is 1.53. The molecule has 138 valence electrons. The van der Waals surface area contributed by atoms with Gasteiger partial charge < -0.3 is 9.84 Å². The summed E-state index contributed by atoms with van der Waals surface area (Å²) in [7, 11) is 1.41. The molecule has 0 unspecified atom stereocenters. The molecular weight excluding hydrogens is 354 g/mol. The number of hydrogen-bond donors (Lipinski definition) is 2. The van der Waals surface area contributed by atoms with Gasteiger partial charge in [-0.3, -0.25) is 24.8 Å². The molecule has 9 nitrogen and oxygen atoms in total. The third kappa shape index (κ3) is 3.17. The van der Waals surface area contributed by atoms with Crippen LogP contribution in [-0.4, -0.2) is 32.7 Å². The van der Waals surface area contributed by atoms with E-state index in [0.717, 1.165) is 4.68 Å². The van der Waals surface area contributed by atoms with E-state index >= 15 is 0 Å². The van der Waals surface area contributed by atoms with Crippen LogP contribution in [0.3, 0.4) is 0 Å². The molecule has 0 aliphatic rings. The van der Waals surface area contributed by atoms with Crippen LogP contribution < -0.4 is 10.3 Å². The topological polar surface area (TPSA) is 127 Å². The van der Waals surface area contributed by atoms with Crippen LogP contribution in [0.5, 0.6) is 11.5 Å². The van der Waals surface area contributed by atoms with Crippen molar-refractivity contribution < 1.29 is 19.6 Å². The minimum atomic E-state index is -0.686. The highest BCUT2D eigenvalue weighted by Gasteiger charge is 2.24. The number of aryl methyl sites for hydroxylation is 1. The maximum atomic E-state index is 12.8. The van der Waals surface area contributed by atoms with Gasteiger partial charge in [-0.05, 0) is 31.2 Å². The summed E-state index contributed by atoms with van der Waals surface area (Å²) in [5.41, 5.74) is -0.653. The van der Waals surface area contributed by atoms with Gasteiger partial charge >= 0.3 is 0 Å². The lowest BCUT2D eigenvalue weighted by molar-refractivity contribution is -0.384. The maximum Gasteiger partial charge on any atom is 0.282 e. The molecule has 0 amide bonds. The Hall–Kier alpha value is -3.88. The maximum absolute atomic E-state index is 12.8. The van der Waals surface area contributed by atoms with Crippen LogP contribution in [0, 0.1) is 17.0 Å². The monoisotopic (exact) mass is 369 g/mol. The van der Waals surface area contributed by atoms with Crippen molar-refractivity contribution in [1.29, 1.82) is 0 Å². The number of non-ortho nitro benzene ring substituents is 1. The molecule has 27 heavy (non-hydrogen) atoms. The predicted octanol–water partition coefficient (Wildman–Crippen LogP) is 2.33. The fraction of sp³-hybridized carbons (Fsp3) is 0.111. The number of phenolic OH excluding ortho intramolecular Hbond substituents is 1. The van der Waals surface area contributed by atoms with Crippen molar-refractivity contribution in [3.8, 4) is 17.2 Å². The Labute approximate surface area is 152 Å². The number of hydrogen-bond acceptors (Lipinski definition) is 6. The first-order chi connectivity index (χ1) is 12.8. The fourth-order valence-corrected chi connectivity index (χ4v) is 2.70. The molecule has 0 bridgehead atoms. The number of methoxy groups -OCH3 is 1. The van der Waals surface area contributed by atoms with Crippen LogP contribution >= 0.6 is 0 Å². The van der Waals surface area contributed by atoms with Crippen molar-refractivity contribution in [2.75, 3.05) is 7.11 Å². The molecule has 3 rings (SSSR count). The largest absolute Gasteiger partial charge is 0.507 e. The Kier molecular flexibility index (Phi) is 4.51. The quantitative estimate of drug-likeness (QED) is 0.404. The summed E-state index contributed by atoms with van der Waals surface area (Å²) in [6.07, 6.45) is 0. The van der Waals surface area contributed by atoms with Crippen LogP contribution in [0.4, 0.5) is 5.69 Å². The standard InChI is InChI=1S/C18H15N3O6/c1-10-16(17(23)14-9-13(27-2)6-7-15(14)22)18(24)20(19-10)11-4-3-5-12(8-11)21(25)26/h3-9,19,22H,1-2H3. The first-order valence-electron chi connectivity index (χ1n) is 7.81. The Morgan fingerprint density at radius 2 is 2.00 bits per heavy atom. The van der Waals surface area contributed by atoms with Crippen LogP contribution in [0.2, 0.25) is 0 Å². The molecule has 0 aliphatic carbocycles. The van der Waals surface area contributed by atoms with Crippen molar-refractivity contribution in [3.05, 3.63) is 79.8 Å². The third-order valence-electron chi connectivity index (χ3n) is 4.05. The van der Waals surface area contributed by atoms with Gasteiger partial charge in [-0.15, -0.1) is 0 Å². The van der Waals surface area contributed by atoms with Crippen molar-refractivity contribution in [3.63, 3.8) is 0 Å². The van der Waals surface area contributed by atoms with E-state index in [1.165, 1.54) is 56.5 Å². The van der Waals surface area contributed by atoms with E-state index in [0.29, 0.717) is 5.75 Å². The lowest BCUT2D eigenvalue weighted by Gasteiger charge is -2.05. The SMILES string of the molecule is COc1ccc(O)c(C(=O)c2c(C)[nH]n(-c3cccc([N+](=O)[O-])c3)c2=O)c1. The van der Waals surface area contributed by atoms with Crippen LogP contribution in [0.15, 0.2) is 47.3 Å². The minimum absolute atomic E-state index is 0.0836. The second-order valence-electron chi connectivity index (χ2n) is 5.74. The average molecular weight is 369 g/mol. The van der Waals surface area contributed by atoms with Gasteiger partial charge in [-0.2, -0.15) is 0 Å². The lowest BCUT2D eigenvalue weighted by Crippen LogP contribution is -2.21. The number of nitrogens with one attached hydrogen (secondary N) is 1. The van der Waals surface area contributed by atoms with E-state index in [-0.39, 0.29) is 33.9 Å². The molecule has 0 atom stereocenters. The summed E-state index contributed by atoms with van der Waals surface area (Å²) < 4.78 is 6.10. The lowest BCUT2D eigenvalue weighted by atomic mass is 10.0. The normalized spacial score (nSPS) is 10.6.